The number of piperidine rings is 1. The number of benzene rings is 2. The lowest BCUT2D eigenvalue weighted by Gasteiger charge is -2.37. The molecule has 0 spiro atoms. The molecule has 4 heteroatoms. The van der Waals surface area contributed by atoms with Crippen LogP contribution in [0.3, 0.4) is 0 Å². The van der Waals surface area contributed by atoms with E-state index in [0.717, 1.165) is 31.0 Å². The molecule has 0 aliphatic carbocycles. The molecule has 0 saturated carbocycles. The van der Waals surface area contributed by atoms with Gasteiger partial charge in [0.05, 0.1) is 7.11 Å². The lowest BCUT2D eigenvalue weighted by atomic mass is 9.88. The van der Waals surface area contributed by atoms with Crippen LogP contribution in [-0.2, 0) is 0 Å². The molecular formula is C19H24ClNO2. The van der Waals surface area contributed by atoms with Crippen molar-refractivity contribution in [3.63, 3.8) is 0 Å². The van der Waals surface area contributed by atoms with E-state index in [9.17, 15) is 0 Å². The molecule has 1 heterocycles. The summed E-state index contributed by atoms with van der Waals surface area (Å²) in [6.07, 6.45) is 1.20. The Morgan fingerprint density at radius 3 is 2.30 bits per heavy atom. The van der Waals surface area contributed by atoms with E-state index in [-0.39, 0.29) is 18.5 Å². The first-order valence-electron chi connectivity index (χ1n) is 7.81. The van der Waals surface area contributed by atoms with Gasteiger partial charge in [0, 0.05) is 19.0 Å². The van der Waals surface area contributed by atoms with E-state index in [1.807, 2.05) is 24.3 Å². The number of methoxy groups -OCH3 is 1. The molecule has 0 bridgehead atoms. The molecule has 124 valence electrons. The second-order valence-electron chi connectivity index (χ2n) is 5.88. The number of likely N-dealkylation sites (tertiary alicyclic amines) is 1. The minimum atomic E-state index is 0. The molecule has 1 aliphatic rings. The number of halogens is 1. The molecule has 0 amide bonds. The van der Waals surface area contributed by atoms with Crippen molar-refractivity contribution in [1.82, 2.24) is 4.90 Å². The van der Waals surface area contributed by atoms with Crippen molar-refractivity contribution in [2.45, 2.75) is 18.4 Å². The van der Waals surface area contributed by atoms with E-state index in [2.05, 4.69) is 42.3 Å². The number of hydrogen-bond acceptors (Lipinski definition) is 3. The highest BCUT2D eigenvalue weighted by Crippen LogP contribution is 2.34. The van der Waals surface area contributed by atoms with E-state index in [0.29, 0.717) is 5.92 Å². The Kier molecular flexibility index (Phi) is 6.31. The highest BCUT2D eigenvalue weighted by Gasteiger charge is 2.31. The molecule has 3 rings (SSSR count). The highest BCUT2D eigenvalue weighted by atomic mass is 35.5. The zero-order valence-corrected chi connectivity index (χ0v) is 14.5. The van der Waals surface area contributed by atoms with Gasteiger partial charge in [0.1, 0.15) is 6.10 Å². The lowest BCUT2D eigenvalue weighted by molar-refractivity contribution is 0.0876. The molecule has 3 nitrogen and oxygen atoms in total. The molecule has 2 aromatic carbocycles. The van der Waals surface area contributed by atoms with Crippen molar-refractivity contribution >= 4 is 12.4 Å². The summed E-state index contributed by atoms with van der Waals surface area (Å²) in [5.41, 5.74) is 1.34. The maximum atomic E-state index is 6.34. The van der Waals surface area contributed by atoms with Gasteiger partial charge in [-0.25, -0.2) is 0 Å². The summed E-state index contributed by atoms with van der Waals surface area (Å²) in [4.78, 5) is 2.37. The largest absolute Gasteiger partial charge is 0.493 e. The number of hydrogen-bond donors (Lipinski definition) is 0. The Morgan fingerprint density at radius 1 is 0.957 bits per heavy atom. The predicted molar refractivity (Wildman–Crippen MR) is 96.0 cm³/mol. The molecule has 0 unspecified atom stereocenters. The maximum Gasteiger partial charge on any atom is 0.161 e. The number of rotatable bonds is 4. The van der Waals surface area contributed by atoms with Crippen LogP contribution in [0.1, 0.15) is 17.9 Å². The van der Waals surface area contributed by atoms with E-state index in [1.54, 1.807) is 7.11 Å². The van der Waals surface area contributed by atoms with Crippen LogP contribution in [0.4, 0.5) is 0 Å². The van der Waals surface area contributed by atoms with Crippen LogP contribution in [0.25, 0.3) is 0 Å². The van der Waals surface area contributed by atoms with E-state index in [4.69, 9.17) is 9.47 Å². The third kappa shape index (κ3) is 4.18. The molecule has 23 heavy (non-hydrogen) atoms. The first-order chi connectivity index (χ1) is 10.8. The van der Waals surface area contributed by atoms with Crippen LogP contribution in [0.15, 0.2) is 54.6 Å². The van der Waals surface area contributed by atoms with Gasteiger partial charge in [0.25, 0.3) is 0 Å². The SMILES string of the molecule is COc1ccccc1O[C@H]1CCN(C)C[C@@H]1c1ccccc1.Cl. The molecule has 2 atom stereocenters. The highest BCUT2D eigenvalue weighted by molar-refractivity contribution is 5.85. The minimum absolute atomic E-state index is 0. The number of likely N-dealkylation sites (N-methyl/N-ethyl adjacent to an activating group) is 1. The van der Waals surface area contributed by atoms with Crippen molar-refractivity contribution in [3.05, 3.63) is 60.2 Å². The minimum Gasteiger partial charge on any atom is -0.493 e. The molecule has 0 aromatic heterocycles. The van der Waals surface area contributed by atoms with Gasteiger partial charge >= 0.3 is 0 Å². The van der Waals surface area contributed by atoms with Crippen LogP contribution < -0.4 is 9.47 Å². The molecule has 1 saturated heterocycles. The van der Waals surface area contributed by atoms with Crippen LogP contribution in [0.5, 0.6) is 11.5 Å². The summed E-state index contributed by atoms with van der Waals surface area (Å²) in [5.74, 6) is 2.01. The fraction of sp³-hybridized carbons (Fsp3) is 0.368. The first kappa shape index (κ1) is 17.6. The summed E-state index contributed by atoms with van der Waals surface area (Å²) in [6.45, 7) is 2.08. The van der Waals surface area contributed by atoms with Gasteiger partial charge in [0.15, 0.2) is 11.5 Å². The van der Waals surface area contributed by atoms with Gasteiger partial charge < -0.3 is 14.4 Å². The van der Waals surface area contributed by atoms with E-state index < -0.39 is 0 Å². The normalized spacial score (nSPS) is 21.3. The summed E-state index contributed by atoms with van der Waals surface area (Å²) in [5, 5.41) is 0. The van der Waals surface area contributed by atoms with Crippen molar-refractivity contribution in [1.29, 1.82) is 0 Å². The Hall–Kier alpha value is -1.71. The second-order valence-corrected chi connectivity index (χ2v) is 5.88. The number of nitrogens with zero attached hydrogens (tertiary/aromatic N) is 1. The van der Waals surface area contributed by atoms with Gasteiger partial charge in [-0.3, -0.25) is 0 Å². The van der Waals surface area contributed by atoms with Crippen LogP contribution in [0, 0.1) is 0 Å². The average Bonchev–Trinajstić information content (AvgIpc) is 2.58. The van der Waals surface area contributed by atoms with Crippen molar-refractivity contribution < 1.29 is 9.47 Å². The predicted octanol–water partition coefficient (Wildman–Crippen LogP) is 3.98. The van der Waals surface area contributed by atoms with Crippen LogP contribution in [-0.4, -0.2) is 38.3 Å². The number of para-hydroxylation sites is 2. The van der Waals surface area contributed by atoms with Crippen LogP contribution >= 0.6 is 12.4 Å². The standard InChI is InChI=1S/C19H23NO2.ClH/c1-20-13-12-17(16(14-20)15-8-4-3-5-9-15)22-19-11-7-6-10-18(19)21-2;/h3-11,16-17H,12-14H2,1-2H3;1H/t16-,17+;/m1./s1. The van der Waals surface area contributed by atoms with Gasteiger partial charge in [-0.15, -0.1) is 12.4 Å². The van der Waals surface area contributed by atoms with Gasteiger partial charge in [0.2, 0.25) is 0 Å². The van der Waals surface area contributed by atoms with Crippen LogP contribution in [0.2, 0.25) is 0 Å². The molecule has 2 aromatic rings. The van der Waals surface area contributed by atoms with Crippen molar-refractivity contribution in [3.8, 4) is 11.5 Å². The molecule has 0 N–H and O–H groups in total. The lowest BCUT2D eigenvalue weighted by Crippen LogP contribution is -2.42. The Balaban J connectivity index is 0.00000192. The second kappa shape index (κ2) is 8.23. The zero-order chi connectivity index (χ0) is 15.4. The van der Waals surface area contributed by atoms with Gasteiger partial charge in [-0.2, -0.15) is 0 Å². The van der Waals surface area contributed by atoms with Gasteiger partial charge in [-0.05, 0) is 31.2 Å². The third-order valence-electron chi connectivity index (χ3n) is 4.33. The zero-order valence-electron chi connectivity index (χ0n) is 13.6. The fourth-order valence-electron chi connectivity index (χ4n) is 3.13. The number of ether oxygens (including phenoxy) is 2. The summed E-state index contributed by atoms with van der Waals surface area (Å²) in [6, 6.07) is 18.5. The summed E-state index contributed by atoms with van der Waals surface area (Å²) in [7, 11) is 3.86. The molecule has 0 radical (unpaired) electrons. The molecular weight excluding hydrogens is 310 g/mol. The fourth-order valence-corrected chi connectivity index (χ4v) is 3.13. The van der Waals surface area contributed by atoms with Gasteiger partial charge in [-0.1, -0.05) is 42.5 Å². The quantitative estimate of drug-likeness (QED) is 0.844. The Morgan fingerprint density at radius 2 is 1.61 bits per heavy atom. The molecule has 1 aliphatic heterocycles. The van der Waals surface area contributed by atoms with Crippen molar-refractivity contribution in [2.75, 3.05) is 27.2 Å². The van der Waals surface area contributed by atoms with E-state index >= 15 is 0 Å². The summed E-state index contributed by atoms with van der Waals surface area (Å²) >= 11 is 0. The molecule has 1 fully saturated rings. The summed E-state index contributed by atoms with van der Waals surface area (Å²) < 4.78 is 11.8. The van der Waals surface area contributed by atoms with E-state index in [1.165, 1.54) is 5.56 Å². The first-order valence-corrected chi connectivity index (χ1v) is 7.81. The maximum absolute atomic E-state index is 6.34. The third-order valence-corrected chi connectivity index (χ3v) is 4.33. The topological polar surface area (TPSA) is 21.7 Å². The Labute approximate surface area is 144 Å². The Bertz CT molecular complexity index is 605. The average molecular weight is 334 g/mol. The van der Waals surface area contributed by atoms with Crippen molar-refractivity contribution in [2.24, 2.45) is 0 Å². The monoisotopic (exact) mass is 333 g/mol. The smallest absolute Gasteiger partial charge is 0.161 e.